The van der Waals surface area contributed by atoms with Gasteiger partial charge in [-0.15, -0.1) is 0 Å². The van der Waals surface area contributed by atoms with E-state index < -0.39 is 0 Å². The van der Waals surface area contributed by atoms with E-state index >= 15 is 0 Å². The van der Waals surface area contributed by atoms with Gasteiger partial charge in [0.2, 0.25) is 0 Å². The van der Waals surface area contributed by atoms with Gasteiger partial charge in [-0.3, -0.25) is 14.2 Å². The first kappa shape index (κ1) is 23.4. The van der Waals surface area contributed by atoms with Crippen LogP contribution >= 0.6 is 11.8 Å². The van der Waals surface area contributed by atoms with Crippen LogP contribution in [0.5, 0.6) is 0 Å². The van der Waals surface area contributed by atoms with E-state index in [2.05, 4.69) is 5.32 Å². The molecule has 2 aromatic carbocycles. The Morgan fingerprint density at radius 1 is 1.30 bits per heavy atom. The van der Waals surface area contributed by atoms with Crippen LogP contribution in [0.1, 0.15) is 28.8 Å². The summed E-state index contributed by atoms with van der Waals surface area (Å²) in [6, 6.07) is 11.2. The maximum Gasteiger partial charge on any atom is 0.262 e. The van der Waals surface area contributed by atoms with E-state index in [1.165, 1.54) is 23.9 Å². The van der Waals surface area contributed by atoms with Gasteiger partial charge in [0.25, 0.3) is 11.5 Å². The largest absolute Gasteiger partial charge is 0.383 e. The van der Waals surface area contributed by atoms with Crippen molar-refractivity contribution in [1.82, 2.24) is 14.9 Å². The average Bonchev–Trinajstić information content (AvgIpc) is 3.34. The Balaban J connectivity index is 1.66. The van der Waals surface area contributed by atoms with E-state index in [0.717, 1.165) is 18.4 Å². The summed E-state index contributed by atoms with van der Waals surface area (Å²) in [7, 11) is 1.57. The van der Waals surface area contributed by atoms with E-state index in [1.54, 1.807) is 42.0 Å². The van der Waals surface area contributed by atoms with Gasteiger partial charge in [-0.1, -0.05) is 23.9 Å². The number of rotatable bonds is 9. The Kier molecular flexibility index (Phi) is 7.74. The van der Waals surface area contributed by atoms with Crippen molar-refractivity contribution in [3.05, 3.63) is 69.8 Å². The summed E-state index contributed by atoms with van der Waals surface area (Å²) in [5, 5.41) is 3.77. The molecule has 1 fully saturated rings. The number of methoxy groups -OCH3 is 1. The quantitative estimate of drug-likeness (QED) is 0.293. The Morgan fingerprint density at radius 2 is 2.12 bits per heavy atom. The number of hydrogen-bond acceptors (Lipinski definition) is 6. The lowest BCUT2D eigenvalue weighted by atomic mass is 10.1. The first-order chi connectivity index (χ1) is 16.0. The molecule has 0 spiro atoms. The smallest absolute Gasteiger partial charge is 0.262 e. The Bertz CT molecular complexity index is 1180. The van der Waals surface area contributed by atoms with Gasteiger partial charge in [-0.05, 0) is 48.7 Å². The molecule has 1 saturated heterocycles. The molecule has 0 unspecified atom stereocenters. The van der Waals surface area contributed by atoms with Crippen molar-refractivity contribution < 1.29 is 18.7 Å². The number of ether oxygens (including phenoxy) is 2. The molecule has 174 valence electrons. The number of thioether (sulfide) groups is 1. The summed E-state index contributed by atoms with van der Waals surface area (Å²) in [6.45, 7) is 1.92. The van der Waals surface area contributed by atoms with E-state index in [-0.39, 0.29) is 23.4 Å². The predicted molar refractivity (Wildman–Crippen MR) is 125 cm³/mol. The molecule has 4 rings (SSSR count). The molecule has 7 nitrogen and oxygen atoms in total. The third-order valence-electron chi connectivity index (χ3n) is 5.47. The summed E-state index contributed by atoms with van der Waals surface area (Å²) >= 11 is 1.41. The van der Waals surface area contributed by atoms with Gasteiger partial charge in [0.15, 0.2) is 5.16 Å². The Labute approximate surface area is 195 Å². The molecule has 2 heterocycles. The average molecular weight is 472 g/mol. The second-order valence-electron chi connectivity index (χ2n) is 7.84. The number of benzene rings is 2. The first-order valence-electron chi connectivity index (χ1n) is 10.9. The Morgan fingerprint density at radius 3 is 2.85 bits per heavy atom. The molecule has 0 bridgehead atoms. The van der Waals surface area contributed by atoms with Crippen LogP contribution in [0, 0.1) is 5.82 Å². The van der Waals surface area contributed by atoms with Crippen molar-refractivity contribution in [2.24, 2.45) is 0 Å². The topological polar surface area (TPSA) is 82.5 Å². The number of carbonyl (C=O) groups excluding carboxylic acids is 1. The second-order valence-corrected chi connectivity index (χ2v) is 8.78. The highest BCUT2D eigenvalue weighted by Gasteiger charge is 2.21. The summed E-state index contributed by atoms with van der Waals surface area (Å²) in [5.41, 5.74) is 1.65. The van der Waals surface area contributed by atoms with Gasteiger partial charge in [-0.25, -0.2) is 9.37 Å². The molecule has 9 heteroatoms. The number of carbonyl (C=O) groups is 1. The second kappa shape index (κ2) is 10.9. The highest BCUT2D eigenvalue weighted by molar-refractivity contribution is 7.98. The fourth-order valence-corrected chi connectivity index (χ4v) is 4.67. The van der Waals surface area contributed by atoms with E-state index in [0.29, 0.717) is 53.7 Å². The molecule has 1 amide bonds. The van der Waals surface area contributed by atoms with Crippen LogP contribution in [-0.2, 0) is 21.8 Å². The zero-order valence-electron chi connectivity index (χ0n) is 18.4. The van der Waals surface area contributed by atoms with Gasteiger partial charge in [0.1, 0.15) is 5.82 Å². The number of nitrogens with one attached hydrogen (secondary N) is 1. The standard InChI is InChI=1S/C24H26FN3O4S/c1-31-12-10-26-22(29)17-6-9-20-21(13-17)27-24(33-15-16-4-7-18(25)8-5-16)28(23(20)30)14-19-3-2-11-32-19/h4-9,13,19H,2-3,10-12,14-15H2,1H3,(H,26,29)/t19-/m0/s1. The summed E-state index contributed by atoms with van der Waals surface area (Å²) in [5.74, 6) is -0.0139. The highest BCUT2D eigenvalue weighted by atomic mass is 32.2. The molecule has 0 saturated carbocycles. The minimum Gasteiger partial charge on any atom is -0.383 e. The number of nitrogens with zero attached hydrogens (tertiary/aromatic N) is 2. The third-order valence-corrected chi connectivity index (χ3v) is 6.51. The number of fused-ring (bicyclic) bond motifs is 1. The van der Waals surface area contributed by atoms with Gasteiger partial charge in [0, 0.05) is 31.6 Å². The molecule has 1 atom stereocenters. The molecule has 1 aromatic heterocycles. The van der Waals surface area contributed by atoms with E-state index in [4.69, 9.17) is 14.5 Å². The molecule has 1 N–H and O–H groups in total. The normalized spacial score (nSPS) is 15.8. The number of hydrogen-bond donors (Lipinski definition) is 1. The van der Waals surface area contributed by atoms with Crippen molar-refractivity contribution in [2.75, 3.05) is 26.9 Å². The molecular weight excluding hydrogens is 445 g/mol. The van der Waals surface area contributed by atoms with E-state index in [9.17, 15) is 14.0 Å². The van der Waals surface area contributed by atoms with Gasteiger partial charge < -0.3 is 14.8 Å². The fraction of sp³-hybridized carbons (Fsp3) is 0.375. The van der Waals surface area contributed by atoms with Crippen LogP contribution in [0.15, 0.2) is 52.4 Å². The fourth-order valence-electron chi connectivity index (χ4n) is 3.70. The lowest BCUT2D eigenvalue weighted by Gasteiger charge is -2.17. The van der Waals surface area contributed by atoms with Crippen LogP contribution in [0.4, 0.5) is 4.39 Å². The van der Waals surface area contributed by atoms with E-state index in [1.807, 2.05) is 0 Å². The van der Waals surface area contributed by atoms with Crippen LogP contribution in [-0.4, -0.2) is 48.4 Å². The number of aromatic nitrogens is 2. The van der Waals surface area contributed by atoms with Gasteiger partial charge in [-0.2, -0.15) is 0 Å². The van der Waals surface area contributed by atoms with Gasteiger partial charge in [0.05, 0.1) is 30.2 Å². The maximum absolute atomic E-state index is 13.4. The monoisotopic (exact) mass is 471 g/mol. The molecule has 33 heavy (non-hydrogen) atoms. The molecule has 1 aliphatic heterocycles. The molecule has 0 aliphatic carbocycles. The predicted octanol–water partition coefficient (Wildman–Crippen LogP) is 3.38. The van der Waals surface area contributed by atoms with Crippen molar-refractivity contribution in [3.63, 3.8) is 0 Å². The number of halogens is 1. The van der Waals surface area contributed by atoms with Crippen LogP contribution in [0.3, 0.4) is 0 Å². The first-order valence-corrected chi connectivity index (χ1v) is 11.8. The zero-order valence-corrected chi connectivity index (χ0v) is 19.2. The molecule has 0 radical (unpaired) electrons. The molecule has 3 aromatic rings. The highest BCUT2D eigenvalue weighted by Crippen LogP contribution is 2.24. The van der Waals surface area contributed by atoms with Crippen molar-refractivity contribution in [1.29, 1.82) is 0 Å². The van der Waals surface area contributed by atoms with Crippen LogP contribution < -0.4 is 10.9 Å². The van der Waals surface area contributed by atoms with Crippen LogP contribution in [0.25, 0.3) is 10.9 Å². The zero-order chi connectivity index (χ0) is 23.2. The Hall–Kier alpha value is -2.75. The summed E-state index contributed by atoms with van der Waals surface area (Å²) in [6.07, 6.45) is 1.84. The maximum atomic E-state index is 13.4. The molecule has 1 aliphatic rings. The minimum atomic E-state index is -0.292. The lowest BCUT2D eigenvalue weighted by molar-refractivity contribution is 0.0935. The van der Waals surface area contributed by atoms with Crippen molar-refractivity contribution in [2.45, 2.75) is 36.4 Å². The van der Waals surface area contributed by atoms with Crippen LogP contribution in [0.2, 0.25) is 0 Å². The number of amides is 1. The lowest BCUT2D eigenvalue weighted by Crippen LogP contribution is -2.29. The van der Waals surface area contributed by atoms with Crippen molar-refractivity contribution in [3.8, 4) is 0 Å². The third kappa shape index (κ3) is 5.79. The van der Waals surface area contributed by atoms with Crippen molar-refractivity contribution >= 4 is 28.6 Å². The van der Waals surface area contributed by atoms with Gasteiger partial charge >= 0.3 is 0 Å². The summed E-state index contributed by atoms with van der Waals surface area (Å²) < 4.78 is 25.6. The SMILES string of the molecule is COCCNC(=O)c1ccc2c(=O)n(C[C@@H]3CCCO3)c(SCc3ccc(F)cc3)nc2c1. The summed E-state index contributed by atoms with van der Waals surface area (Å²) in [4.78, 5) is 30.6. The molecular formula is C24H26FN3O4S. The minimum absolute atomic E-state index is 0.0297.